The van der Waals surface area contributed by atoms with Crippen LogP contribution in [0.4, 0.5) is 5.69 Å². The highest BCUT2D eigenvalue weighted by Crippen LogP contribution is 2.13. The molecule has 0 aliphatic carbocycles. The number of benzene rings is 2. The molecule has 2 aromatic rings. The highest BCUT2D eigenvalue weighted by molar-refractivity contribution is 6.03. The highest BCUT2D eigenvalue weighted by atomic mass is 16.5. The second-order valence-corrected chi connectivity index (χ2v) is 5.49. The van der Waals surface area contributed by atoms with E-state index in [-0.39, 0.29) is 18.2 Å². The molecule has 2 N–H and O–H groups in total. The van der Waals surface area contributed by atoms with E-state index in [1.165, 1.54) is 0 Å². The first kappa shape index (κ1) is 17.5. The van der Waals surface area contributed by atoms with E-state index in [0.717, 1.165) is 22.6 Å². The maximum atomic E-state index is 11.9. The lowest BCUT2D eigenvalue weighted by Crippen LogP contribution is -2.29. The van der Waals surface area contributed by atoms with E-state index in [9.17, 15) is 9.59 Å². The molecule has 0 atom stereocenters. The third-order valence-electron chi connectivity index (χ3n) is 3.64. The molecular weight excluding hydrogens is 304 g/mol. The van der Waals surface area contributed by atoms with Gasteiger partial charge in [-0.1, -0.05) is 30.3 Å². The molecule has 0 saturated heterocycles. The number of hydrogen-bond acceptors (Lipinski definition) is 3. The van der Waals surface area contributed by atoms with Gasteiger partial charge in [-0.3, -0.25) is 9.59 Å². The Morgan fingerprint density at radius 3 is 2.38 bits per heavy atom. The molecule has 0 fully saturated rings. The van der Waals surface area contributed by atoms with Gasteiger partial charge < -0.3 is 15.4 Å². The lowest BCUT2D eigenvalue weighted by molar-refractivity contribution is -0.126. The Labute approximate surface area is 142 Å². The van der Waals surface area contributed by atoms with Crippen molar-refractivity contribution < 1.29 is 14.3 Å². The lowest BCUT2D eigenvalue weighted by Gasteiger charge is -2.09. The molecular formula is C19H22N2O3. The number of nitrogens with one attached hydrogen (secondary N) is 2. The third kappa shape index (κ3) is 5.43. The number of rotatable bonds is 7. The van der Waals surface area contributed by atoms with Crippen LogP contribution in [-0.2, 0) is 16.0 Å². The van der Waals surface area contributed by atoms with Crippen molar-refractivity contribution >= 4 is 17.5 Å². The molecule has 2 amide bonds. The van der Waals surface area contributed by atoms with Gasteiger partial charge in [0, 0.05) is 12.2 Å². The van der Waals surface area contributed by atoms with Gasteiger partial charge in [0.2, 0.25) is 11.8 Å². The molecule has 0 spiro atoms. The molecule has 0 bridgehead atoms. The molecule has 2 rings (SSSR count). The normalized spacial score (nSPS) is 10.1. The first-order valence-electron chi connectivity index (χ1n) is 7.83. The van der Waals surface area contributed by atoms with Crippen molar-refractivity contribution in [3.8, 4) is 5.75 Å². The monoisotopic (exact) mass is 326 g/mol. The smallest absolute Gasteiger partial charge is 0.233 e. The van der Waals surface area contributed by atoms with Gasteiger partial charge in [0.1, 0.15) is 12.2 Å². The van der Waals surface area contributed by atoms with E-state index in [1.54, 1.807) is 7.11 Å². The number of para-hydroxylation sites is 1. The summed E-state index contributed by atoms with van der Waals surface area (Å²) in [4.78, 5) is 23.7. The van der Waals surface area contributed by atoms with Gasteiger partial charge in [0.05, 0.1) is 7.11 Å². The number of carbonyl (C=O) groups is 2. The van der Waals surface area contributed by atoms with Crippen molar-refractivity contribution in [2.24, 2.45) is 0 Å². The van der Waals surface area contributed by atoms with E-state index in [2.05, 4.69) is 10.6 Å². The predicted molar refractivity (Wildman–Crippen MR) is 94.1 cm³/mol. The van der Waals surface area contributed by atoms with Gasteiger partial charge >= 0.3 is 0 Å². The Hall–Kier alpha value is -2.82. The van der Waals surface area contributed by atoms with Crippen molar-refractivity contribution in [3.63, 3.8) is 0 Å². The van der Waals surface area contributed by atoms with Crippen LogP contribution in [0.1, 0.15) is 17.5 Å². The number of anilines is 1. The highest BCUT2D eigenvalue weighted by Gasteiger charge is 2.10. The number of carbonyl (C=O) groups excluding carboxylic acids is 2. The molecule has 0 aromatic heterocycles. The summed E-state index contributed by atoms with van der Waals surface area (Å²) in [5, 5.41) is 5.51. The van der Waals surface area contributed by atoms with Crippen molar-refractivity contribution in [2.75, 3.05) is 19.0 Å². The van der Waals surface area contributed by atoms with E-state index in [1.807, 2.05) is 55.5 Å². The molecule has 0 heterocycles. The van der Waals surface area contributed by atoms with E-state index >= 15 is 0 Å². The second-order valence-electron chi connectivity index (χ2n) is 5.49. The van der Waals surface area contributed by atoms with Gasteiger partial charge in [-0.15, -0.1) is 0 Å². The molecule has 5 nitrogen and oxygen atoms in total. The summed E-state index contributed by atoms with van der Waals surface area (Å²) in [6.45, 7) is 2.40. The Balaban J connectivity index is 1.72. The van der Waals surface area contributed by atoms with Crippen molar-refractivity contribution in [1.29, 1.82) is 0 Å². The second kappa shape index (κ2) is 8.72. The maximum absolute atomic E-state index is 11.9. The number of hydrogen-bond donors (Lipinski definition) is 2. The third-order valence-corrected chi connectivity index (χ3v) is 3.64. The Kier molecular flexibility index (Phi) is 6.37. The summed E-state index contributed by atoms with van der Waals surface area (Å²) in [5.41, 5.74) is 2.79. The van der Waals surface area contributed by atoms with Crippen LogP contribution in [0.5, 0.6) is 5.75 Å². The minimum atomic E-state index is -0.314. The van der Waals surface area contributed by atoms with Crippen LogP contribution in [-0.4, -0.2) is 25.5 Å². The van der Waals surface area contributed by atoms with Crippen molar-refractivity contribution in [1.82, 2.24) is 5.32 Å². The number of methoxy groups -OCH3 is 1. The number of ether oxygens (including phenoxy) is 1. The van der Waals surface area contributed by atoms with Gasteiger partial charge in [-0.2, -0.15) is 0 Å². The van der Waals surface area contributed by atoms with E-state index < -0.39 is 0 Å². The SMILES string of the molecule is COc1ccc(CCNC(=O)CC(=O)Nc2ccccc2C)cc1. The summed E-state index contributed by atoms with van der Waals surface area (Å²) >= 11 is 0. The molecule has 0 aliphatic heterocycles. The molecule has 5 heteroatoms. The molecule has 24 heavy (non-hydrogen) atoms. The molecule has 0 radical (unpaired) electrons. The van der Waals surface area contributed by atoms with Gasteiger partial charge in [-0.25, -0.2) is 0 Å². The fourth-order valence-electron chi connectivity index (χ4n) is 2.25. The minimum Gasteiger partial charge on any atom is -0.497 e. The zero-order chi connectivity index (χ0) is 17.4. The standard InChI is InChI=1S/C19H22N2O3/c1-14-5-3-4-6-17(14)21-19(23)13-18(22)20-12-11-15-7-9-16(24-2)10-8-15/h3-10H,11-13H2,1-2H3,(H,20,22)(H,21,23). The molecule has 2 aromatic carbocycles. The molecule has 0 aliphatic rings. The first-order valence-corrected chi connectivity index (χ1v) is 7.83. The molecule has 0 saturated carbocycles. The average Bonchev–Trinajstić information content (AvgIpc) is 2.57. The van der Waals surface area contributed by atoms with Gasteiger partial charge in [-0.05, 0) is 42.7 Å². The summed E-state index contributed by atoms with van der Waals surface area (Å²) in [6.07, 6.45) is 0.520. The van der Waals surface area contributed by atoms with Crippen LogP contribution in [0.25, 0.3) is 0 Å². The van der Waals surface area contributed by atoms with Crippen LogP contribution in [0.15, 0.2) is 48.5 Å². The van der Waals surface area contributed by atoms with Crippen molar-refractivity contribution in [3.05, 3.63) is 59.7 Å². The topological polar surface area (TPSA) is 67.4 Å². The van der Waals surface area contributed by atoms with Gasteiger partial charge in [0.25, 0.3) is 0 Å². The Morgan fingerprint density at radius 1 is 1.00 bits per heavy atom. The number of amides is 2. The summed E-state index contributed by atoms with van der Waals surface area (Å²) < 4.78 is 5.10. The van der Waals surface area contributed by atoms with Crippen LogP contribution < -0.4 is 15.4 Å². The predicted octanol–water partition coefficient (Wildman–Crippen LogP) is 2.69. The maximum Gasteiger partial charge on any atom is 0.233 e. The van der Waals surface area contributed by atoms with Gasteiger partial charge in [0.15, 0.2) is 0 Å². The minimum absolute atomic E-state index is 0.184. The first-order chi connectivity index (χ1) is 11.6. The fraction of sp³-hybridized carbons (Fsp3) is 0.263. The van der Waals surface area contributed by atoms with E-state index in [0.29, 0.717) is 13.0 Å². The zero-order valence-electron chi connectivity index (χ0n) is 14.0. The average molecular weight is 326 g/mol. The van der Waals surface area contributed by atoms with Crippen LogP contribution in [0.3, 0.4) is 0 Å². The van der Waals surface area contributed by atoms with E-state index in [4.69, 9.17) is 4.74 Å². The summed E-state index contributed by atoms with van der Waals surface area (Å²) in [5.74, 6) is 0.205. The summed E-state index contributed by atoms with van der Waals surface area (Å²) in [6, 6.07) is 15.1. The summed E-state index contributed by atoms with van der Waals surface area (Å²) in [7, 11) is 1.62. The number of aryl methyl sites for hydroxylation is 1. The zero-order valence-corrected chi connectivity index (χ0v) is 14.0. The lowest BCUT2D eigenvalue weighted by atomic mass is 10.1. The fourth-order valence-corrected chi connectivity index (χ4v) is 2.25. The van der Waals surface area contributed by atoms with Crippen LogP contribution in [0.2, 0.25) is 0 Å². The molecule has 126 valence electrons. The largest absolute Gasteiger partial charge is 0.497 e. The Morgan fingerprint density at radius 2 is 1.71 bits per heavy atom. The Bertz CT molecular complexity index is 696. The quantitative estimate of drug-likeness (QED) is 0.769. The van der Waals surface area contributed by atoms with Crippen LogP contribution >= 0.6 is 0 Å². The molecule has 0 unspecified atom stereocenters. The van der Waals surface area contributed by atoms with Crippen molar-refractivity contribution in [2.45, 2.75) is 19.8 Å². The van der Waals surface area contributed by atoms with Crippen LogP contribution in [0, 0.1) is 6.92 Å².